The summed E-state index contributed by atoms with van der Waals surface area (Å²) in [6.07, 6.45) is 0. The molecule has 0 spiro atoms. The third-order valence-electron chi connectivity index (χ3n) is 2.94. The van der Waals surface area contributed by atoms with Crippen molar-refractivity contribution in [3.8, 4) is 0 Å². The molecule has 0 rings (SSSR count). The van der Waals surface area contributed by atoms with E-state index in [1.807, 2.05) is 14.0 Å². The van der Waals surface area contributed by atoms with E-state index in [-0.39, 0.29) is 23.5 Å². The first kappa shape index (κ1) is 15.2. The van der Waals surface area contributed by atoms with Crippen molar-refractivity contribution in [3.05, 3.63) is 0 Å². The predicted molar refractivity (Wildman–Crippen MR) is 66.5 cm³/mol. The summed E-state index contributed by atoms with van der Waals surface area (Å²) < 4.78 is 4.98. The first-order valence-corrected chi connectivity index (χ1v) is 5.72. The van der Waals surface area contributed by atoms with Crippen LogP contribution < -0.4 is 5.32 Å². The lowest BCUT2D eigenvalue weighted by atomic mass is 9.87. The van der Waals surface area contributed by atoms with Crippen molar-refractivity contribution in [1.82, 2.24) is 10.2 Å². The molecule has 4 nitrogen and oxygen atoms in total. The molecule has 96 valence electrons. The van der Waals surface area contributed by atoms with Gasteiger partial charge in [-0.25, -0.2) is 4.79 Å². The van der Waals surface area contributed by atoms with Gasteiger partial charge in [0.25, 0.3) is 0 Å². The van der Waals surface area contributed by atoms with Gasteiger partial charge in [-0.3, -0.25) is 0 Å². The van der Waals surface area contributed by atoms with Crippen LogP contribution in [0.2, 0.25) is 0 Å². The molecule has 4 heteroatoms. The van der Waals surface area contributed by atoms with Gasteiger partial charge in [-0.2, -0.15) is 0 Å². The van der Waals surface area contributed by atoms with E-state index < -0.39 is 0 Å². The van der Waals surface area contributed by atoms with Crippen molar-refractivity contribution in [3.63, 3.8) is 0 Å². The molecule has 0 bridgehead atoms. The molecule has 0 unspecified atom stereocenters. The van der Waals surface area contributed by atoms with Crippen LogP contribution >= 0.6 is 0 Å². The lowest BCUT2D eigenvalue weighted by Crippen LogP contribution is -2.50. The summed E-state index contributed by atoms with van der Waals surface area (Å²) in [4.78, 5) is 13.6. The number of nitrogens with zero attached hydrogens (tertiary/aromatic N) is 1. The number of carbonyl (C=O) groups excluding carboxylic acids is 1. The highest BCUT2D eigenvalue weighted by atomic mass is 16.5. The van der Waals surface area contributed by atoms with Gasteiger partial charge in [0.15, 0.2) is 0 Å². The van der Waals surface area contributed by atoms with Crippen molar-refractivity contribution in [2.45, 2.75) is 46.7 Å². The van der Waals surface area contributed by atoms with Gasteiger partial charge < -0.3 is 15.0 Å². The van der Waals surface area contributed by atoms with Crippen LogP contribution in [0.15, 0.2) is 0 Å². The van der Waals surface area contributed by atoms with E-state index in [9.17, 15) is 4.79 Å². The summed E-state index contributed by atoms with van der Waals surface area (Å²) in [5, 5.41) is 2.90. The number of carbonyl (C=O) groups is 1. The van der Waals surface area contributed by atoms with Crippen LogP contribution in [0.1, 0.15) is 34.6 Å². The summed E-state index contributed by atoms with van der Waals surface area (Å²) in [5.74, 6) is 0. The number of methoxy groups -OCH3 is 1. The monoisotopic (exact) mass is 230 g/mol. The molecule has 0 aromatic carbocycles. The van der Waals surface area contributed by atoms with Crippen molar-refractivity contribution >= 4 is 6.03 Å². The van der Waals surface area contributed by atoms with Crippen LogP contribution in [-0.4, -0.2) is 43.8 Å². The Morgan fingerprint density at radius 3 is 2.25 bits per heavy atom. The fourth-order valence-corrected chi connectivity index (χ4v) is 1.36. The summed E-state index contributed by atoms with van der Waals surface area (Å²) in [7, 11) is 3.45. The standard InChI is InChI=1S/C12H26N2O2/c1-9(8-16-7)13-11(15)14(6)10(2)12(3,4)5/h9-10H,8H2,1-7H3,(H,13,15)/t9-,10-/m0/s1. The molecule has 0 fully saturated rings. The Morgan fingerprint density at radius 1 is 1.38 bits per heavy atom. The van der Waals surface area contributed by atoms with Crippen LogP contribution in [0.25, 0.3) is 0 Å². The van der Waals surface area contributed by atoms with Crippen molar-refractivity contribution < 1.29 is 9.53 Å². The zero-order valence-electron chi connectivity index (χ0n) is 11.6. The van der Waals surface area contributed by atoms with Crippen molar-refractivity contribution in [2.24, 2.45) is 5.41 Å². The maximum absolute atomic E-state index is 11.9. The molecule has 0 saturated heterocycles. The van der Waals surface area contributed by atoms with Gasteiger partial charge >= 0.3 is 6.03 Å². The Labute approximate surface area is 99.3 Å². The van der Waals surface area contributed by atoms with Crippen LogP contribution in [0.4, 0.5) is 4.79 Å². The zero-order chi connectivity index (χ0) is 12.9. The number of rotatable bonds is 4. The highest BCUT2D eigenvalue weighted by molar-refractivity contribution is 5.74. The minimum absolute atomic E-state index is 0.0344. The summed E-state index contributed by atoms with van der Waals surface area (Å²) in [6.45, 7) is 10.9. The van der Waals surface area contributed by atoms with Gasteiger partial charge in [0.2, 0.25) is 0 Å². The van der Waals surface area contributed by atoms with E-state index in [4.69, 9.17) is 4.74 Å². The number of amides is 2. The Bertz CT molecular complexity index is 224. The molecule has 1 N–H and O–H groups in total. The van der Waals surface area contributed by atoms with E-state index in [1.165, 1.54) is 0 Å². The topological polar surface area (TPSA) is 41.6 Å². The minimum Gasteiger partial charge on any atom is -0.383 e. The quantitative estimate of drug-likeness (QED) is 0.803. The SMILES string of the molecule is COC[C@H](C)NC(=O)N(C)[C@@H](C)C(C)(C)C. The van der Waals surface area contributed by atoms with E-state index >= 15 is 0 Å². The zero-order valence-corrected chi connectivity index (χ0v) is 11.6. The number of hydrogen-bond acceptors (Lipinski definition) is 2. The van der Waals surface area contributed by atoms with Crippen molar-refractivity contribution in [1.29, 1.82) is 0 Å². The third-order valence-corrected chi connectivity index (χ3v) is 2.94. The maximum atomic E-state index is 11.9. The van der Waals surface area contributed by atoms with E-state index in [0.717, 1.165) is 0 Å². The lowest BCUT2D eigenvalue weighted by Gasteiger charge is -2.35. The smallest absolute Gasteiger partial charge is 0.317 e. The predicted octanol–water partition coefficient (Wildman–Crippen LogP) is 2.10. The molecular formula is C12H26N2O2. The molecule has 2 atom stereocenters. The lowest BCUT2D eigenvalue weighted by molar-refractivity contribution is 0.133. The maximum Gasteiger partial charge on any atom is 0.317 e. The summed E-state index contributed by atoms with van der Waals surface area (Å²) in [5.41, 5.74) is 0.0799. The number of ether oxygens (including phenoxy) is 1. The molecule has 0 aromatic heterocycles. The van der Waals surface area contributed by atoms with E-state index in [0.29, 0.717) is 6.61 Å². The fourth-order valence-electron chi connectivity index (χ4n) is 1.36. The minimum atomic E-state index is -0.0491. The normalized spacial score (nSPS) is 15.4. The van der Waals surface area contributed by atoms with E-state index in [1.54, 1.807) is 12.0 Å². The molecule has 0 saturated carbocycles. The highest BCUT2D eigenvalue weighted by Crippen LogP contribution is 2.22. The summed E-state index contributed by atoms with van der Waals surface area (Å²) >= 11 is 0. The highest BCUT2D eigenvalue weighted by Gasteiger charge is 2.27. The molecule has 0 heterocycles. The van der Waals surface area contributed by atoms with Crippen LogP contribution in [-0.2, 0) is 4.74 Å². The Hall–Kier alpha value is -0.770. The van der Waals surface area contributed by atoms with Crippen LogP contribution in [0.5, 0.6) is 0 Å². The average molecular weight is 230 g/mol. The van der Waals surface area contributed by atoms with Gasteiger partial charge in [-0.15, -0.1) is 0 Å². The number of urea groups is 1. The van der Waals surface area contributed by atoms with Crippen LogP contribution in [0.3, 0.4) is 0 Å². The Kier molecular flexibility index (Phi) is 5.79. The second-order valence-electron chi connectivity index (χ2n) is 5.46. The molecule has 0 aliphatic heterocycles. The van der Waals surface area contributed by atoms with Crippen molar-refractivity contribution in [2.75, 3.05) is 20.8 Å². The largest absolute Gasteiger partial charge is 0.383 e. The average Bonchev–Trinajstić information content (AvgIpc) is 2.14. The molecule has 0 aliphatic rings. The molecule has 0 aliphatic carbocycles. The Balaban J connectivity index is 4.28. The first-order chi connectivity index (χ1) is 7.20. The Morgan fingerprint density at radius 2 is 1.88 bits per heavy atom. The van der Waals surface area contributed by atoms with E-state index in [2.05, 4.69) is 33.0 Å². The van der Waals surface area contributed by atoms with Gasteiger partial charge in [0.05, 0.1) is 12.6 Å². The van der Waals surface area contributed by atoms with Gasteiger partial charge in [0, 0.05) is 20.2 Å². The van der Waals surface area contributed by atoms with Crippen LogP contribution in [0, 0.1) is 5.41 Å². The molecule has 0 radical (unpaired) electrons. The molecule has 16 heavy (non-hydrogen) atoms. The molecule has 0 aromatic rings. The number of nitrogens with one attached hydrogen (secondary N) is 1. The second-order valence-corrected chi connectivity index (χ2v) is 5.46. The molecular weight excluding hydrogens is 204 g/mol. The number of hydrogen-bond donors (Lipinski definition) is 1. The first-order valence-electron chi connectivity index (χ1n) is 5.72. The molecule has 2 amide bonds. The fraction of sp³-hybridized carbons (Fsp3) is 0.917. The van der Waals surface area contributed by atoms with Gasteiger partial charge in [-0.05, 0) is 19.3 Å². The third kappa shape index (κ3) is 4.84. The van der Waals surface area contributed by atoms with Gasteiger partial charge in [0.1, 0.15) is 0 Å². The second kappa shape index (κ2) is 6.09. The van der Waals surface area contributed by atoms with Gasteiger partial charge in [-0.1, -0.05) is 20.8 Å². The summed E-state index contributed by atoms with van der Waals surface area (Å²) in [6, 6.07) is 0.168.